The molecule has 0 fully saturated rings. The van der Waals surface area contributed by atoms with Crippen molar-refractivity contribution in [3.63, 3.8) is 0 Å². The predicted molar refractivity (Wildman–Crippen MR) is 70.7 cm³/mol. The molecule has 0 bridgehead atoms. The molecule has 0 saturated carbocycles. The van der Waals surface area contributed by atoms with Crippen molar-refractivity contribution < 1.29 is 13.2 Å². The summed E-state index contributed by atoms with van der Waals surface area (Å²) < 4.78 is 30.5. The fraction of sp³-hybridized carbons (Fsp3) is 0.636. The van der Waals surface area contributed by atoms with Crippen molar-refractivity contribution >= 4 is 21.4 Å². The Labute approximate surface area is 107 Å². The lowest BCUT2D eigenvalue weighted by molar-refractivity contribution is 0.177. The lowest BCUT2D eigenvalue weighted by Crippen LogP contribution is -2.34. The molecule has 1 aromatic heterocycles. The van der Waals surface area contributed by atoms with Gasteiger partial charge in [-0.2, -0.15) is 4.31 Å². The van der Waals surface area contributed by atoms with Gasteiger partial charge in [0.1, 0.15) is 0 Å². The molecule has 1 aromatic rings. The maximum atomic E-state index is 12.0. The molecule has 0 spiro atoms. The predicted octanol–water partition coefficient (Wildman–Crippen LogP) is 1.94. The Balaban J connectivity index is 2.73. The van der Waals surface area contributed by atoms with Crippen LogP contribution in [0.25, 0.3) is 0 Å². The Morgan fingerprint density at radius 2 is 2.24 bits per heavy atom. The molecule has 0 aliphatic heterocycles. The number of hydrogen-bond acceptors (Lipinski definition) is 4. The summed E-state index contributed by atoms with van der Waals surface area (Å²) in [5.74, 6) is 0.197. The largest absolute Gasteiger partial charge is 0.383 e. The van der Waals surface area contributed by atoms with Gasteiger partial charge in [0.15, 0.2) is 0 Å². The molecule has 0 aliphatic carbocycles. The smallest absolute Gasteiger partial charge is 0.214 e. The van der Waals surface area contributed by atoms with Gasteiger partial charge in [-0.15, -0.1) is 11.3 Å². The quantitative estimate of drug-likeness (QED) is 0.729. The van der Waals surface area contributed by atoms with E-state index in [1.807, 2.05) is 24.4 Å². The van der Waals surface area contributed by atoms with E-state index in [9.17, 15) is 8.42 Å². The molecule has 0 amide bonds. The van der Waals surface area contributed by atoms with E-state index in [1.165, 1.54) is 4.31 Å². The normalized spacial score (nSPS) is 12.2. The molecule has 0 aliphatic rings. The molecule has 0 saturated heterocycles. The van der Waals surface area contributed by atoms with E-state index in [0.29, 0.717) is 26.1 Å². The average Bonchev–Trinajstić information content (AvgIpc) is 2.76. The maximum absolute atomic E-state index is 12.0. The molecule has 1 heterocycles. The number of methoxy groups -OCH3 is 1. The van der Waals surface area contributed by atoms with Crippen LogP contribution in [0, 0.1) is 0 Å². The Hall–Kier alpha value is -0.430. The van der Waals surface area contributed by atoms with E-state index in [0.717, 1.165) is 4.88 Å². The zero-order valence-electron chi connectivity index (χ0n) is 10.3. The summed E-state index contributed by atoms with van der Waals surface area (Å²) in [6, 6.07) is 3.88. The van der Waals surface area contributed by atoms with Gasteiger partial charge in [0.05, 0.1) is 12.4 Å². The minimum atomic E-state index is -3.16. The molecule has 98 valence electrons. The number of ether oxygens (including phenoxy) is 1. The summed E-state index contributed by atoms with van der Waals surface area (Å²) >= 11 is 1.57. The molecule has 4 nitrogen and oxygen atoms in total. The summed E-state index contributed by atoms with van der Waals surface area (Å²) in [5.41, 5.74) is 0. The minimum Gasteiger partial charge on any atom is -0.383 e. The van der Waals surface area contributed by atoms with Crippen LogP contribution in [0.4, 0.5) is 0 Å². The molecule has 0 N–H and O–H groups in total. The van der Waals surface area contributed by atoms with Gasteiger partial charge in [-0.1, -0.05) is 13.0 Å². The average molecular weight is 277 g/mol. The summed E-state index contributed by atoms with van der Waals surface area (Å²) in [4.78, 5) is 1.06. The number of thiophene rings is 1. The highest BCUT2D eigenvalue weighted by Crippen LogP contribution is 2.15. The molecule has 17 heavy (non-hydrogen) atoms. The third-order valence-corrected chi connectivity index (χ3v) is 5.20. The van der Waals surface area contributed by atoms with Gasteiger partial charge in [0, 0.05) is 25.1 Å². The zero-order chi connectivity index (χ0) is 12.7. The Morgan fingerprint density at radius 1 is 1.47 bits per heavy atom. The maximum Gasteiger partial charge on any atom is 0.214 e. The second-order valence-corrected chi connectivity index (χ2v) is 6.84. The molecule has 0 aromatic carbocycles. The van der Waals surface area contributed by atoms with Gasteiger partial charge in [0.2, 0.25) is 10.0 Å². The van der Waals surface area contributed by atoms with Gasteiger partial charge in [-0.25, -0.2) is 8.42 Å². The first-order valence-electron chi connectivity index (χ1n) is 5.59. The number of sulfonamides is 1. The fourth-order valence-corrected chi connectivity index (χ4v) is 3.74. The van der Waals surface area contributed by atoms with E-state index < -0.39 is 10.0 Å². The van der Waals surface area contributed by atoms with Crippen LogP contribution in [0.3, 0.4) is 0 Å². The van der Waals surface area contributed by atoms with Crippen LogP contribution >= 0.6 is 11.3 Å². The monoisotopic (exact) mass is 277 g/mol. The Bertz CT molecular complexity index is 400. The van der Waals surface area contributed by atoms with Gasteiger partial charge in [0.25, 0.3) is 0 Å². The van der Waals surface area contributed by atoms with Crippen LogP contribution < -0.4 is 0 Å². The number of rotatable bonds is 8. The first-order valence-corrected chi connectivity index (χ1v) is 8.08. The molecule has 6 heteroatoms. The first-order chi connectivity index (χ1) is 8.10. The van der Waals surface area contributed by atoms with Crippen molar-refractivity contribution in [3.05, 3.63) is 22.4 Å². The Kier molecular flexibility index (Phi) is 6.11. The number of nitrogens with zero attached hydrogens (tertiary/aromatic N) is 1. The van der Waals surface area contributed by atoms with Crippen LogP contribution in [0.5, 0.6) is 0 Å². The van der Waals surface area contributed by atoms with Gasteiger partial charge in [-0.3, -0.25) is 0 Å². The highest BCUT2D eigenvalue weighted by molar-refractivity contribution is 7.89. The second-order valence-electron chi connectivity index (χ2n) is 3.72. The molecular weight excluding hydrogens is 258 g/mol. The third-order valence-electron chi connectivity index (χ3n) is 2.31. The highest BCUT2D eigenvalue weighted by atomic mass is 32.2. The molecule has 0 atom stereocenters. The van der Waals surface area contributed by atoms with E-state index in [4.69, 9.17) is 4.74 Å². The zero-order valence-corrected chi connectivity index (χ0v) is 11.9. The van der Waals surface area contributed by atoms with E-state index in [1.54, 1.807) is 18.4 Å². The van der Waals surface area contributed by atoms with Crippen LogP contribution in [-0.4, -0.2) is 38.7 Å². The van der Waals surface area contributed by atoms with E-state index >= 15 is 0 Å². The van der Waals surface area contributed by atoms with Crippen LogP contribution in [-0.2, 0) is 21.3 Å². The highest BCUT2D eigenvalue weighted by Gasteiger charge is 2.21. The van der Waals surface area contributed by atoms with Gasteiger partial charge >= 0.3 is 0 Å². The van der Waals surface area contributed by atoms with Crippen molar-refractivity contribution in [3.8, 4) is 0 Å². The Morgan fingerprint density at radius 3 is 2.76 bits per heavy atom. The van der Waals surface area contributed by atoms with Crippen molar-refractivity contribution in [2.45, 2.75) is 19.9 Å². The van der Waals surface area contributed by atoms with Crippen molar-refractivity contribution in [2.75, 3.05) is 26.0 Å². The minimum absolute atomic E-state index is 0.197. The summed E-state index contributed by atoms with van der Waals surface area (Å²) in [5, 5.41) is 1.95. The molecule has 1 rings (SSSR count). The van der Waals surface area contributed by atoms with Crippen molar-refractivity contribution in [1.29, 1.82) is 0 Å². The van der Waals surface area contributed by atoms with Crippen LogP contribution in [0.1, 0.15) is 18.2 Å². The molecule has 0 unspecified atom stereocenters. The van der Waals surface area contributed by atoms with Gasteiger partial charge < -0.3 is 4.74 Å². The molecular formula is C11H19NO3S2. The summed E-state index contributed by atoms with van der Waals surface area (Å²) in [6.45, 7) is 3.16. The first kappa shape index (κ1) is 14.6. The van der Waals surface area contributed by atoms with Crippen molar-refractivity contribution in [1.82, 2.24) is 4.31 Å². The SMILES string of the molecule is CCCS(=O)(=O)N(CCOC)Cc1cccs1. The lowest BCUT2D eigenvalue weighted by Gasteiger charge is -2.20. The van der Waals surface area contributed by atoms with E-state index in [-0.39, 0.29) is 5.75 Å². The number of hydrogen-bond donors (Lipinski definition) is 0. The van der Waals surface area contributed by atoms with Gasteiger partial charge in [-0.05, 0) is 17.9 Å². The fourth-order valence-electron chi connectivity index (χ4n) is 1.47. The third kappa shape index (κ3) is 4.75. The van der Waals surface area contributed by atoms with Crippen LogP contribution in [0.2, 0.25) is 0 Å². The summed E-state index contributed by atoms with van der Waals surface area (Å²) in [6.07, 6.45) is 0.635. The second kappa shape index (κ2) is 7.10. The lowest BCUT2D eigenvalue weighted by atomic mass is 10.4. The van der Waals surface area contributed by atoms with E-state index in [2.05, 4.69) is 0 Å². The van der Waals surface area contributed by atoms with Crippen LogP contribution in [0.15, 0.2) is 17.5 Å². The topological polar surface area (TPSA) is 46.6 Å². The molecule has 0 radical (unpaired) electrons. The standard InChI is InChI=1S/C11H19NO3S2/c1-3-9-17(13,14)12(6-7-15-2)10-11-5-4-8-16-11/h4-5,8H,3,6-7,9-10H2,1-2H3. The van der Waals surface area contributed by atoms with Crippen molar-refractivity contribution in [2.24, 2.45) is 0 Å². The summed E-state index contributed by atoms with van der Waals surface area (Å²) in [7, 11) is -1.58.